The molecule has 2 N–H and O–H groups in total. The summed E-state index contributed by atoms with van der Waals surface area (Å²) in [5.74, 6) is 0.727. The third kappa shape index (κ3) is 4.06. The summed E-state index contributed by atoms with van der Waals surface area (Å²) in [5.41, 5.74) is 6.60. The summed E-state index contributed by atoms with van der Waals surface area (Å²) >= 11 is 0. The molecule has 2 nitrogen and oxygen atoms in total. The Morgan fingerprint density at radius 2 is 1.69 bits per heavy atom. The molecule has 1 unspecified atom stereocenters. The van der Waals surface area contributed by atoms with Crippen molar-refractivity contribution in [3.05, 3.63) is 0 Å². The summed E-state index contributed by atoms with van der Waals surface area (Å²) in [4.78, 5) is 2.47. The summed E-state index contributed by atoms with van der Waals surface area (Å²) < 4.78 is 0. The van der Waals surface area contributed by atoms with Crippen LogP contribution in [0.2, 0.25) is 0 Å². The molecular weight excluding hydrogens is 196 g/mol. The first-order valence-corrected chi connectivity index (χ1v) is 6.94. The maximum absolute atomic E-state index is 6.46. The van der Waals surface area contributed by atoms with E-state index in [0.29, 0.717) is 6.04 Å². The van der Waals surface area contributed by atoms with Crippen molar-refractivity contribution in [2.24, 2.45) is 11.7 Å². The van der Waals surface area contributed by atoms with Crippen molar-refractivity contribution in [1.29, 1.82) is 0 Å². The number of nitrogens with zero attached hydrogens (tertiary/aromatic N) is 1. The molecule has 1 saturated carbocycles. The summed E-state index contributed by atoms with van der Waals surface area (Å²) in [5, 5.41) is 0. The molecule has 1 fully saturated rings. The molecule has 1 rings (SSSR count). The van der Waals surface area contributed by atoms with Gasteiger partial charge >= 0.3 is 0 Å². The molecule has 0 radical (unpaired) electrons. The summed E-state index contributed by atoms with van der Waals surface area (Å²) in [6.07, 6.45) is 7.69. The third-order valence-corrected chi connectivity index (χ3v) is 4.47. The Morgan fingerprint density at radius 3 is 2.19 bits per heavy atom. The maximum Gasteiger partial charge on any atom is 0.0166 e. The lowest BCUT2D eigenvalue weighted by Gasteiger charge is -2.36. The number of nitrogens with two attached hydrogens (primary N) is 1. The van der Waals surface area contributed by atoms with Crippen LogP contribution >= 0.6 is 0 Å². The lowest BCUT2D eigenvalue weighted by Crippen LogP contribution is -2.45. The molecular formula is C14H30N2. The van der Waals surface area contributed by atoms with Crippen molar-refractivity contribution in [2.75, 3.05) is 13.6 Å². The van der Waals surface area contributed by atoms with Crippen LogP contribution < -0.4 is 5.73 Å². The lowest BCUT2D eigenvalue weighted by atomic mass is 9.80. The van der Waals surface area contributed by atoms with E-state index in [1.54, 1.807) is 0 Å². The van der Waals surface area contributed by atoms with Crippen LogP contribution in [0.5, 0.6) is 0 Å². The number of rotatable bonds is 5. The normalized spacial score (nSPS) is 22.7. The summed E-state index contributed by atoms with van der Waals surface area (Å²) in [6, 6.07) is 0.659. The second-order valence-electron chi connectivity index (χ2n) is 6.14. The van der Waals surface area contributed by atoms with Crippen molar-refractivity contribution < 1.29 is 0 Å². The zero-order chi connectivity index (χ0) is 12.2. The lowest BCUT2D eigenvalue weighted by molar-refractivity contribution is 0.173. The van der Waals surface area contributed by atoms with Gasteiger partial charge in [0.2, 0.25) is 0 Å². The van der Waals surface area contributed by atoms with Crippen LogP contribution in [0.25, 0.3) is 0 Å². The minimum atomic E-state index is 0.142. The highest BCUT2D eigenvalue weighted by atomic mass is 15.1. The zero-order valence-corrected chi connectivity index (χ0v) is 11.6. The van der Waals surface area contributed by atoms with Crippen LogP contribution in [0.4, 0.5) is 0 Å². The zero-order valence-electron chi connectivity index (χ0n) is 11.6. The van der Waals surface area contributed by atoms with Gasteiger partial charge in [0.1, 0.15) is 0 Å². The first kappa shape index (κ1) is 14.0. The predicted octanol–water partition coefficient (Wildman–Crippen LogP) is 3.01. The fourth-order valence-corrected chi connectivity index (χ4v) is 2.62. The Bertz CT molecular complexity index is 195. The molecule has 0 bridgehead atoms. The van der Waals surface area contributed by atoms with Gasteiger partial charge in [-0.3, -0.25) is 0 Å². The van der Waals surface area contributed by atoms with Crippen LogP contribution in [0.15, 0.2) is 0 Å². The molecule has 0 aromatic heterocycles. The highest BCUT2D eigenvalue weighted by Gasteiger charge is 2.27. The third-order valence-electron chi connectivity index (χ3n) is 4.47. The molecule has 2 heteroatoms. The highest BCUT2D eigenvalue weighted by Crippen LogP contribution is 2.29. The monoisotopic (exact) mass is 226 g/mol. The van der Waals surface area contributed by atoms with Gasteiger partial charge in [-0.05, 0) is 45.7 Å². The van der Waals surface area contributed by atoms with E-state index in [1.807, 2.05) is 0 Å². The van der Waals surface area contributed by atoms with E-state index in [4.69, 9.17) is 5.73 Å². The Balaban J connectivity index is 2.32. The summed E-state index contributed by atoms with van der Waals surface area (Å²) in [7, 11) is 2.23. The molecule has 0 aromatic rings. The van der Waals surface area contributed by atoms with Crippen molar-refractivity contribution in [3.8, 4) is 0 Å². The number of hydrogen-bond donors (Lipinski definition) is 1. The van der Waals surface area contributed by atoms with E-state index in [0.717, 1.165) is 12.5 Å². The van der Waals surface area contributed by atoms with Gasteiger partial charge in [0.15, 0.2) is 0 Å². The summed E-state index contributed by atoms with van der Waals surface area (Å²) in [6.45, 7) is 8.05. The molecule has 96 valence electrons. The molecule has 0 spiro atoms. The van der Waals surface area contributed by atoms with E-state index in [1.165, 1.54) is 38.5 Å². The largest absolute Gasteiger partial charge is 0.325 e. The van der Waals surface area contributed by atoms with E-state index >= 15 is 0 Å². The molecule has 0 saturated heterocycles. The molecule has 0 amide bonds. The van der Waals surface area contributed by atoms with Crippen LogP contribution in [-0.4, -0.2) is 30.1 Å². The topological polar surface area (TPSA) is 29.3 Å². The molecule has 0 aromatic carbocycles. The minimum absolute atomic E-state index is 0.142. The standard InChI is InChI=1S/C14H30N2/c1-12(2)13(3)16(4)11-10-14(15)8-6-5-7-9-14/h12-13H,5-11,15H2,1-4H3. The van der Waals surface area contributed by atoms with Crippen LogP contribution in [0.3, 0.4) is 0 Å². The fraction of sp³-hybridized carbons (Fsp3) is 1.00. The molecule has 1 aliphatic rings. The second-order valence-corrected chi connectivity index (χ2v) is 6.14. The van der Waals surface area contributed by atoms with E-state index in [9.17, 15) is 0 Å². The molecule has 0 aliphatic heterocycles. The predicted molar refractivity (Wildman–Crippen MR) is 71.6 cm³/mol. The van der Waals surface area contributed by atoms with Gasteiger partial charge < -0.3 is 10.6 Å². The van der Waals surface area contributed by atoms with Gasteiger partial charge in [0, 0.05) is 11.6 Å². The van der Waals surface area contributed by atoms with Crippen molar-refractivity contribution in [1.82, 2.24) is 4.90 Å². The van der Waals surface area contributed by atoms with Crippen molar-refractivity contribution >= 4 is 0 Å². The van der Waals surface area contributed by atoms with Gasteiger partial charge in [0.25, 0.3) is 0 Å². The van der Waals surface area contributed by atoms with E-state index in [-0.39, 0.29) is 5.54 Å². The maximum atomic E-state index is 6.46. The number of hydrogen-bond acceptors (Lipinski definition) is 2. The quantitative estimate of drug-likeness (QED) is 0.781. The molecule has 1 atom stereocenters. The first-order chi connectivity index (χ1) is 7.44. The van der Waals surface area contributed by atoms with Crippen LogP contribution in [0.1, 0.15) is 59.3 Å². The highest BCUT2D eigenvalue weighted by molar-refractivity contribution is 4.88. The Labute approximate surface area is 102 Å². The van der Waals surface area contributed by atoms with Gasteiger partial charge in [-0.15, -0.1) is 0 Å². The molecule has 1 aliphatic carbocycles. The average Bonchev–Trinajstić information content (AvgIpc) is 2.26. The Hall–Kier alpha value is -0.0800. The minimum Gasteiger partial charge on any atom is -0.325 e. The Morgan fingerprint density at radius 1 is 1.12 bits per heavy atom. The van der Waals surface area contributed by atoms with E-state index < -0.39 is 0 Å². The SMILES string of the molecule is CC(C)C(C)N(C)CCC1(N)CCCCC1. The van der Waals surface area contributed by atoms with Gasteiger partial charge in [-0.1, -0.05) is 33.1 Å². The second kappa shape index (κ2) is 6.02. The van der Waals surface area contributed by atoms with Crippen molar-refractivity contribution in [3.63, 3.8) is 0 Å². The van der Waals surface area contributed by atoms with Gasteiger partial charge in [-0.25, -0.2) is 0 Å². The fourth-order valence-electron chi connectivity index (χ4n) is 2.62. The molecule has 0 heterocycles. The first-order valence-electron chi connectivity index (χ1n) is 6.94. The van der Waals surface area contributed by atoms with Gasteiger partial charge in [0.05, 0.1) is 0 Å². The molecule has 16 heavy (non-hydrogen) atoms. The van der Waals surface area contributed by atoms with Crippen LogP contribution in [-0.2, 0) is 0 Å². The average molecular weight is 226 g/mol. The van der Waals surface area contributed by atoms with Gasteiger partial charge in [-0.2, -0.15) is 0 Å². The van der Waals surface area contributed by atoms with E-state index in [2.05, 4.69) is 32.7 Å². The van der Waals surface area contributed by atoms with Crippen molar-refractivity contribution in [2.45, 2.75) is 70.9 Å². The Kier molecular flexibility index (Phi) is 5.26. The van der Waals surface area contributed by atoms with Crippen LogP contribution in [0, 0.1) is 5.92 Å². The smallest absolute Gasteiger partial charge is 0.0166 e.